The van der Waals surface area contributed by atoms with E-state index in [0.717, 1.165) is 35.8 Å². The van der Waals surface area contributed by atoms with Gasteiger partial charge in [-0.05, 0) is 45.4 Å². The summed E-state index contributed by atoms with van der Waals surface area (Å²) in [5.41, 5.74) is 2.67. The molecule has 1 aromatic rings. The van der Waals surface area contributed by atoms with Crippen molar-refractivity contribution in [3.8, 4) is 0 Å². The van der Waals surface area contributed by atoms with E-state index < -0.39 is 0 Å². The molecule has 0 bridgehead atoms. The molecular formula is C16H27N3O. The molecule has 4 nitrogen and oxygen atoms in total. The number of nitrogens with zero attached hydrogens (tertiary/aromatic N) is 1. The van der Waals surface area contributed by atoms with Gasteiger partial charge in [-0.25, -0.2) is 0 Å². The van der Waals surface area contributed by atoms with E-state index in [-0.39, 0.29) is 11.8 Å². The van der Waals surface area contributed by atoms with Crippen molar-refractivity contribution in [2.24, 2.45) is 11.8 Å². The number of nitrogens with one attached hydrogen (secondary N) is 2. The van der Waals surface area contributed by atoms with E-state index in [1.807, 2.05) is 13.8 Å². The number of hydrogen-bond donors (Lipinski definition) is 2. The molecule has 2 N–H and O–H groups in total. The van der Waals surface area contributed by atoms with E-state index in [2.05, 4.69) is 22.4 Å². The third-order valence-electron chi connectivity index (χ3n) is 4.56. The summed E-state index contributed by atoms with van der Waals surface area (Å²) in [5.74, 6) is 1.20. The Hall–Kier alpha value is -1.32. The van der Waals surface area contributed by atoms with Crippen LogP contribution in [0.4, 0.5) is 5.69 Å². The fourth-order valence-electron chi connectivity index (χ4n) is 3.17. The van der Waals surface area contributed by atoms with Gasteiger partial charge in [-0.1, -0.05) is 26.2 Å². The van der Waals surface area contributed by atoms with Crippen LogP contribution in [0.15, 0.2) is 0 Å². The molecule has 4 heteroatoms. The molecule has 1 amide bonds. The van der Waals surface area contributed by atoms with Crippen molar-refractivity contribution in [1.82, 2.24) is 10.2 Å². The van der Waals surface area contributed by atoms with Crippen LogP contribution in [0, 0.1) is 25.7 Å². The van der Waals surface area contributed by atoms with Crippen LogP contribution < -0.4 is 5.32 Å². The van der Waals surface area contributed by atoms with E-state index in [9.17, 15) is 4.79 Å². The Bertz CT molecular complexity index is 425. The van der Waals surface area contributed by atoms with Gasteiger partial charge in [0.2, 0.25) is 5.91 Å². The number of H-pyrrole nitrogens is 1. The van der Waals surface area contributed by atoms with Crippen molar-refractivity contribution in [3.63, 3.8) is 0 Å². The summed E-state index contributed by atoms with van der Waals surface area (Å²) in [7, 11) is 0. The molecule has 1 saturated carbocycles. The lowest BCUT2D eigenvalue weighted by atomic mass is 9.79. The Morgan fingerprint density at radius 1 is 1.30 bits per heavy atom. The standard InChI is InChI=1S/C16H27N3O/c1-4-5-6-13-7-9-14(10-8-13)16(20)17-15-11(2)18-19-12(15)3/h13-14H,4-10H2,1-3H3,(H,17,20)(H,18,19). The molecule has 0 saturated heterocycles. The third kappa shape index (κ3) is 3.62. The number of aromatic amines is 1. The highest BCUT2D eigenvalue weighted by Crippen LogP contribution is 2.32. The molecule has 112 valence electrons. The first-order chi connectivity index (χ1) is 9.61. The zero-order valence-electron chi connectivity index (χ0n) is 13.0. The van der Waals surface area contributed by atoms with Crippen LogP contribution in [0.1, 0.15) is 63.3 Å². The highest BCUT2D eigenvalue weighted by atomic mass is 16.1. The van der Waals surface area contributed by atoms with Gasteiger partial charge >= 0.3 is 0 Å². The van der Waals surface area contributed by atoms with Crippen molar-refractivity contribution >= 4 is 11.6 Å². The SMILES string of the molecule is CCCCC1CCC(C(=O)Nc2c(C)n[nH]c2C)CC1. The van der Waals surface area contributed by atoms with Crippen molar-refractivity contribution in [1.29, 1.82) is 0 Å². The highest BCUT2D eigenvalue weighted by Gasteiger charge is 2.26. The first kappa shape index (κ1) is 15.1. The summed E-state index contributed by atoms with van der Waals surface area (Å²) < 4.78 is 0. The molecule has 0 radical (unpaired) electrons. The molecule has 0 aromatic carbocycles. The Labute approximate surface area is 121 Å². The van der Waals surface area contributed by atoms with E-state index >= 15 is 0 Å². The van der Waals surface area contributed by atoms with E-state index in [0.29, 0.717) is 0 Å². The molecule has 0 unspecified atom stereocenters. The molecular weight excluding hydrogens is 250 g/mol. The van der Waals surface area contributed by atoms with Gasteiger partial charge in [0.25, 0.3) is 0 Å². The molecule has 0 aliphatic heterocycles. The molecule has 1 aromatic heterocycles. The zero-order valence-corrected chi connectivity index (χ0v) is 13.0. The van der Waals surface area contributed by atoms with E-state index in [1.54, 1.807) is 0 Å². The van der Waals surface area contributed by atoms with Crippen molar-refractivity contribution in [3.05, 3.63) is 11.4 Å². The summed E-state index contributed by atoms with van der Waals surface area (Å²) in [4.78, 5) is 12.3. The number of hydrogen-bond acceptors (Lipinski definition) is 2. The topological polar surface area (TPSA) is 57.8 Å². The largest absolute Gasteiger partial charge is 0.323 e. The average Bonchev–Trinajstić information content (AvgIpc) is 2.77. The van der Waals surface area contributed by atoms with Gasteiger partial charge < -0.3 is 5.32 Å². The summed E-state index contributed by atoms with van der Waals surface area (Å²) in [6.45, 7) is 6.10. The summed E-state index contributed by atoms with van der Waals surface area (Å²) in [6.07, 6.45) is 8.44. The monoisotopic (exact) mass is 277 g/mol. The maximum atomic E-state index is 12.3. The van der Waals surface area contributed by atoms with Gasteiger partial charge in [0.05, 0.1) is 17.1 Å². The summed E-state index contributed by atoms with van der Waals surface area (Å²) in [6, 6.07) is 0. The second kappa shape index (κ2) is 6.91. The minimum atomic E-state index is 0.173. The third-order valence-corrected chi connectivity index (χ3v) is 4.56. The Kier molecular flexibility index (Phi) is 5.21. The van der Waals surface area contributed by atoms with Crippen LogP contribution in [0.3, 0.4) is 0 Å². The first-order valence-electron chi connectivity index (χ1n) is 7.94. The lowest BCUT2D eigenvalue weighted by Crippen LogP contribution is -2.27. The Morgan fingerprint density at radius 2 is 2.00 bits per heavy atom. The predicted molar refractivity (Wildman–Crippen MR) is 81.7 cm³/mol. The fourth-order valence-corrected chi connectivity index (χ4v) is 3.17. The molecule has 0 spiro atoms. The quantitative estimate of drug-likeness (QED) is 0.855. The van der Waals surface area contributed by atoms with Gasteiger partial charge in [-0.15, -0.1) is 0 Å². The number of aromatic nitrogens is 2. The van der Waals surface area contributed by atoms with Crippen LogP contribution in [0.25, 0.3) is 0 Å². The Balaban J connectivity index is 1.83. The van der Waals surface area contributed by atoms with Crippen LogP contribution in [-0.4, -0.2) is 16.1 Å². The van der Waals surface area contributed by atoms with Crippen LogP contribution in [0.2, 0.25) is 0 Å². The molecule has 1 aliphatic carbocycles. The van der Waals surface area contributed by atoms with Crippen LogP contribution in [-0.2, 0) is 4.79 Å². The maximum Gasteiger partial charge on any atom is 0.227 e. The molecule has 1 heterocycles. The lowest BCUT2D eigenvalue weighted by Gasteiger charge is -2.27. The smallest absolute Gasteiger partial charge is 0.227 e. The van der Waals surface area contributed by atoms with Gasteiger partial charge in [-0.2, -0.15) is 5.10 Å². The van der Waals surface area contributed by atoms with Gasteiger partial charge in [0, 0.05) is 5.92 Å². The maximum absolute atomic E-state index is 12.3. The van der Waals surface area contributed by atoms with Gasteiger partial charge in [-0.3, -0.25) is 9.89 Å². The average molecular weight is 277 g/mol. The lowest BCUT2D eigenvalue weighted by molar-refractivity contribution is -0.121. The second-order valence-corrected chi connectivity index (χ2v) is 6.16. The van der Waals surface area contributed by atoms with Crippen LogP contribution >= 0.6 is 0 Å². The van der Waals surface area contributed by atoms with Crippen molar-refractivity contribution < 1.29 is 4.79 Å². The number of rotatable bonds is 5. The molecule has 1 aliphatic rings. The number of amides is 1. The van der Waals surface area contributed by atoms with Crippen molar-refractivity contribution in [2.75, 3.05) is 5.32 Å². The number of unbranched alkanes of at least 4 members (excludes halogenated alkanes) is 1. The number of carbonyl (C=O) groups is 1. The first-order valence-corrected chi connectivity index (χ1v) is 7.94. The van der Waals surface area contributed by atoms with Gasteiger partial charge in [0.1, 0.15) is 0 Å². The molecule has 20 heavy (non-hydrogen) atoms. The Morgan fingerprint density at radius 3 is 2.55 bits per heavy atom. The van der Waals surface area contributed by atoms with Crippen molar-refractivity contribution in [2.45, 2.75) is 65.7 Å². The number of anilines is 1. The molecule has 0 atom stereocenters. The summed E-state index contributed by atoms with van der Waals surface area (Å²) >= 11 is 0. The fraction of sp³-hybridized carbons (Fsp3) is 0.750. The normalized spacial score (nSPS) is 22.8. The predicted octanol–water partition coefficient (Wildman–Crippen LogP) is 3.96. The number of carbonyl (C=O) groups excluding carboxylic acids is 1. The molecule has 1 fully saturated rings. The van der Waals surface area contributed by atoms with E-state index in [1.165, 1.54) is 32.1 Å². The zero-order chi connectivity index (χ0) is 14.5. The van der Waals surface area contributed by atoms with E-state index in [4.69, 9.17) is 0 Å². The molecule has 2 rings (SSSR count). The number of aryl methyl sites for hydroxylation is 2. The highest BCUT2D eigenvalue weighted by molar-refractivity contribution is 5.93. The minimum Gasteiger partial charge on any atom is -0.323 e. The summed E-state index contributed by atoms with van der Waals surface area (Å²) in [5, 5.41) is 10.1. The van der Waals surface area contributed by atoms with Crippen LogP contribution in [0.5, 0.6) is 0 Å². The van der Waals surface area contributed by atoms with Gasteiger partial charge in [0.15, 0.2) is 0 Å². The second-order valence-electron chi connectivity index (χ2n) is 6.16. The minimum absolute atomic E-state index is 0.173.